The lowest BCUT2D eigenvalue weighted by molar-refractivity contribution is -0.0528. The number of hydrogen-bond donors (Lipinski definition) is 3. The third-order valence-corrected chi connectivity index (χ3v) is 12.2. The van der Waals surface area contributed by atoms with Gasteiger partial charge in [0, 0.05) is 44.3 Å². The fourth-order valence-corrected chi connectivity index (χ4v) is 10.4. The number of nitrogens with two attached hydrogens (primary N) is 1. The quantitative estimate of drug-likeness (QED) is 0.169. The Hall–Kier alpha value is -2.12. The van der Waals surface area contributed by atoms with Gasteiger partial charge in [-0.2, -0.15) is 0 Å². The molecule has 2 heterocycles. The second-order valence-corrected chi connectivity index (χ2v) is 15.9. The summed E-state index contributed by atoms with van der Waals surface area (Å²) in [4.78, 5) is 12.1. The number of rotatable bonds is 16. The number of nitrogens with one attached hydrogen (secondary N) is 2. The highest BCUT2D eigenvalue weighted by Crippen LogP contribution is 2.59. The van der Waals surface area contributed by atoms with Gasteiger partial charge in [0.1, 0.15) is 0 Å². The molecule has 4 N–H and O–H groups in total. The molecule has 5 fully saturated rings. The number of benzene rings is 1. The number of guanidine groups is 1. The third-order valence-electron chi connectivity index (χ3n) is 12.2. The van der Waals surface area contributed by atoms with E-state index < -0.39 is 0 Å². The van der Waals surface area contributed by atoms with Gasteiger partial charge in [0.15, 0.2) is 5.96 Å². The maximum absolute atomic E-state index is 8.67. The highest BCUT2D eigenvalue weighted by molar-refractivity contribution is 5.80. The average molecular weight is 604 g/mol. The van der Waals surface area contributed by atoms with Crippen LogP contribution in [0.2, 0.25) is 0 Å². The maximum Gasteiger partial charge on any atom is 0.191 e. The molecule has 0 radical (unpaired) electrons. The first kappa shape index (κ1) is 31.8. The summed E-state index contributed by atoms with van der Waals surface area (Å²) >= 11 is 0. The highest BCUT2D eigenvalue weighted by Gasteiger charge is 2.50. The Kier molecular flexibility index (Phi) is 10.2. The van der Waals surface area contributed by atoms with E-state index in [1.54, 1.807) is 6.34 Å². The van der Waals surface area contributed by atoms with Crippen molar-refractivity contribution in [2.45, 2.75) is 116 Å². The molecule has 1 saturated heterocycles. The van der Waals surface area contributed by atoms with Gasteiger partial charge in [-0.1, -0.05) is 57.5 Å². The smallest absolute Gasteiger partial charge is 0.191 e. The Bertz CT molecular complexity index is 1070. The molecule has 44 heavy (non-hydrogen) atoms. The van der Waals surface area contributed by atoms with Gasteiger partial charge in [0.05, 0.1) is 18.9 Å². The van der Waals surface area contributed by atoms with Crippen molar-refractivity contribution in [2.75, 3.05) is 39.3 Å². The lowest BCUT2D eigenvalue weighted by atomic mass is 9.49. The predicted molar refractivity (Wildman–Crippen MR) is 183 cm³/mol. The second kappa shape index (κ2) is 14.1. The number of aliphatic imine (C=N–C) groups is 1. The molecule has 6 aliphatic rings. The molecule has 7 nitrogen and oxygen atoms in total. The zero-order valence-electron chi connectivity index (χ0n) is 28.0. The summed E-state index contributed by atoms with van der Waals surface area (Å²) < 4.78 is 0. The molecule has 4 aliphatic carbocycles. The topological polar surface area (TPSA) is 84.0 Å². The molecule has 4 atom stereocenters. The molecular weight excluding hydrogens is 542 g/mol. The summed E-state index contributed by atoms with van der Waals surface area (Å²) in [7, 11) is 0. The van der Waals surface area contributed by atoms with E-state index in [4.69, 9.17) is 11.1 Å². The standard InChI is InChI=1S/C37H61N7/c1-4-9-32(41-25-37-18-29-14-30(19-37)16-31(15-29)20-37)22-43(26-38)34(17-28-10-6-5-7-11-28)23-42-13-8-12-33(42)24-44-35(27(2)3)21-40-36(44)39/h5-7,10-11,26-27,29-35,38,41H,4,8-9,12-25H2,1-3H3,(H2,39,40)/t29?,30?,31?,32-,33+,34-,35+,37?/m1/s1. The van der Waals surface area contributed by atoms with Crippen LogP contribution in [-0.4, -0.2) is 90.4 Å². The summed E-state index contributed by atoms with van der Waals surface area (Å²) in [6.07, 6.45) is 16.3. The number of hydrogen-bond acceptors (Lipinski definition) is 6. The van der Waals surface area contributed by atoms with Crippen LogP contribution in [-0.2, 0) is 6.42 Å². The van der Waals surface area contributed by atoms with E-state index in [1.165, 1.54) is 76.3 Å². The van der Waals surface area contributed by atoms with E-state index in [0.717, 1.165) is 62.9 Å². The van der Waals surface area contributed by atoms with Crippen molar-refractivity contribution in [1.82, 2.24) is 20.0 Å². The van der Waals surface area contributed by atoms with Gasteiger partial charge < -0.3 is 20.9 Å². The van der Waals surface area contributed by atoms with Gasteiger partial charge in [-0.15, -0.1) is 0 Å². The Labute approximate surface area is 267 Å². The van der Waals surface area contributed by atoms with Gasteiger partial charge in [-0.25, -0.2) is 0 Å². The van der Waals surface area contributed by atoms with Gasteiger partial charge >= 0.3 is 0 Å². The summed E-state index contributed by atoms with van der Waals surface area (Å²) in [5, 5.41) is 12.8. The van der Waals surface area contributed by atoms with E-state index in [1.807, 2.05) is 0 Å². The summed E-state index contributed by atoms with van der Waals surface area (Å²) in [6, 6.07) is 12.5. The van der Waals surface area contributed by atoms with E-state index in [2.05, 4.69) is 76.1 Å². The van der Waals surface area contributed by atoms with Crippen LogP contribution in [0.4, 0.5) is 0 Å². The van der Waals surface area contributed by atoms with Crippen LogP contribution in [0.15, 0.2) is 35.3 Å². The minimum atomic E-state index is 0.265. The van der Waals surface area contributed by atoms with Crippen molar-refractivity contribution in [3.63, 3.8) is 0 Å². The largest absolute Gasteiger partial charge is 0.370 e. The normalized spacial score (nSPS) is 32.8. The number of nitrogens with zero attached hydrogens (tertiary/aromatic N) is 4. The van der Waals surface area contributed by atoms with Crippen molar-refractivity contribution in [2.24, 2.45) is 39.8 Å². The highest BCUT2D eigenvalue weighted by atomic mass is 15.4. The van der Waals surface area contributed by atoms with Gasteiger partial charge in [-0.3, -0.25) is 15.3 Å². The molecule has 1 aromatic carbocycles. The van der Waals surface area contributed by atoms with E-state index in [0.29, 0.717) is 29.5 Å². The van der Waals surface area contributed by atoms with Crippen molar-refractivity contribution < 1.29 is 0 Å². The molecule has 1 aromatic rings. The summed E-state index contributed by atoms with van der Waals surface area (Å²) in [6.45, 7) is 12.9. The Morgan fingerprint density at radius 1 is 1.11 bits per heavy atom. The van der Waals surface area contributed by atoms with E-state index in [9.17, 15) is 0 Å². The molecule has 4 bridgehead atoms. The zero-order chi connectivity index (χ0) is 30.7. The first-order valence-corrected chi connectivity index (χ1v) is 18.2. The minimum Gasteiger partial charge on any atom is -0.370 e. The molecule has 4 saturated carbocycles. The van der Waals surface area contributed by atoms with Crippen LogP contribution in [0.25, 0.3) is 0 Å². The Morgan fingerprint density at radius 2 is 1.82 bits per heavy atom. The average Bonchev–Trinajstić information content (AvgIpc) is 3.60. The van der Waals surface area contributed by atoms with E-state index >= 15 is 0 Å². The lowest BCUT2D eigenvalue weighted by Crippen LogP contribution is -2.55. The fraction of sp³-hybridized carbons (Fsp3) is 0.784. The molecule has 7 rings (SSSR count). The summed E-state index contributed by atoms with van der Waals surface area (Å²) in [5.41, 5.74) is 8.33. The third kappa shape index (κ3) is 7.30. The van der Waals surface area contributed by atoms with Crippen molar-refractivity contribution in [3.8, 4) is 0 Å². The summed E-state index contributed by atoms with van der Waals surface area (Å²) in [5.74, 6) is 4.24. The van der Waals surface area contributed by atoms with Crippen molar-refractivity contribution in [1.29, 1.82) is 5.41 Å². The van der Waals surface area contributed by atoms with Crippen LogP contribution in [0.5, 0.6) is 0 Å². The minimum absolute atomic E-state index is 0.265. The first-order valence-electron chi connectivity index (χ1n) is 18.2. The molecule has 7 heteroatoms. The van der Waals surface area contributed by atoms with Crippen LogP contribution in [0.3, 0.4) is 0 Å². The SMILES string of the molecule is CCC[C@H](CN(C=N)[C@H](Cc1ccccc1)CN1CCC[C@H]1CN1C(N)=NC[C@H]1C(C)C)NCC12CC3CC(CC(C3)C1)C2. The molecule has 2 aliphatic heterocycles. The Balaban J connectivity index is 1.14. The predicted octanol–water partition coefficient (Wildman–Crippen LogP) is 5.60. The molecule has 0 amide bonds. The van der Waals surface area contributed by atoms with E-state index in [-0.39, 0.29) is 6.04 Å². The van der Waals surface area contributed by atoms with Gasteiger partial charge in [0.25, 0.3) is 0 Å². The van der Waals surface area contributed by atoms with Crippen LogP contribution >= 0.6 is 0 Å². The van der Waals surface area contributed by atoms with Gasteiger partial charge in [-0.05, 0) is 105 Å². The Morgan fingerprint density at radius 3 is 2.45 bits per heavy atom. The molecule has 244 valence electrons. The number of likely N-dealkylation sites (tertiary alicyclic amines) is 1. The zero-order valence-corrected chi connectivity index (χ0v) is 28.0. The molecule has 0 spiro atoms. The second-order valence-electron chi connectivity index (χ2n) is 15.9. The van der Waals surface area contributed by atoms with Crippen LogP contribution < -0.4 is 11.1 Å². The fourth-order valence-electron chi connectivity index (χ4n) is 10.4. The monoisotopic (exact) mass is 603 g/mol. The van der Waals surface area contributed by atoms with Crippen LogP contribution in [0.1, 0.15) is 90.5 Å². The molecule has 0 aromatic heterocycles. The van der Waals surface area contributed by atoms with Gasteiger partial charge in [0.2, 0.25) is 0 Å². The van der Waals surface area contributed by atoms with Crippen molar-refractivity contribution >= 4 is 12.3 Å². The molecular formula is C37H61N7. The maximum atomic E-state index is 8.67. The molecule has 0 unspecified atom stereocenters. The van der Waals surface area contributed by atoms with Crippen LogP contribution in [0, 0.1) is 34.5 Å². The first-order chi connectivity index (χ1) is 21.3. The lowest BCUT2D eigenvalue weighted by Gasteiger charge is -2.57. The van der Waals surface area contributed by atoms with Crippen molar-refractivity contribution in [3.05, 3.63) is 35.9 Å².